The molecule has 3 N–H and O–H groups in total. The van der Waals surface area contributed by atoms with Crippen molar-refractivity contribution < 1.29 is 80.2 Å². The maximum absolute atomic E-state index is 13.0. The SMILES string of the molecule is CCC(C)CCCCCCCCCCC(=O)OC[C@H](COP(=O)(O)OCC(O)COP(=O)(O)OC[C@@H](COC(=O)CCCCCCCCCCC(C)C)OC(=O)CCCCCCCCCCCCC(C)C)OC(=O)CCCCCCCCCCCCCC(C)C. The van der Waals surface area contributed by atoms with E-state index in [2.05, 4.69) is 55.4 Å². The topological polar surface area (TPSA) is 237 Å². The Balaban J connectivity index is 5.28. The lowest BCUT2D eigenvalue weighted by Gasteiger charge is -2.21. The minimum atomic E-state index is -4.95. The van der Waals surface area contributed by atoms with Crippen molar-refractivity contribution in [3.8, 4) is 0 Å². The van der Waals surface area contributed by atoms with Crippen LogP contribution in [0.15, 0.2) is 0 Å². The van der Waals surface area contributed by atoms with Crippen LogP contribution in [0.2, 0.25) is 0 Å². The fourth-order valence-corrected chi connectivity index (χ4v) is 12.2. The number of unbranched alkanes of at least 4 members (excludes halogenated alkanes) is 33. The van der Waals surface area contributed by atoms with Crippen molar-refractivity contribution in [3.63, 3.8) is 0 Å². The Kier molecular flexibility index (Phi) is 59.4. The predicted molar refractivity (Wildman–Crippen MR) is 363 cm³/mol. The summed E-state index contributed by atoms with van der Waals surface area (Å²) in [7, 11) is -9.91. The number of phosphoric ester groups is 2. The van der Waals surface area contributed by atoms with E-state index in [4.69, 9.17) is 37.0 Å². The minimum Gasteiger partial charge on any atom is -0.462 e. The molecule has 0 rings (SSSR count). The van der Waals surface area contributed by atoms with Crippen LogP contribution in [0.4, 0.5) is 0 Å². The first kappa shape index (κ1) is 88.1. The maximum Gasteiger partial charge on any atom is 0.472 e. The Morgan fingerprint density at radius 1 is 0.311 bits per heavy atom. The summed E-state index contributed by atoms with van der Waals surface area (Å²) in [6, 6.07) is 0. The fourth-order valence-electron chi connectivity index (χ4n) is 10.6. The van der Waals surface area contributed by atoms with Crippen molar-refractivity contribution >= 4 is 39.5 Å². The van der Waals surface area contributed by atoms with Gasteiger partial charge in [0, 0.05) is 25.7 Å². The molecule has 0 bridgehead atoms. The molecule has 0 radical (unpaired) electrons. The number of aliphatic hydroxyl groups is 1. The van der Waals surface area contributed by atoms with E-state index >= 15 is 0 Å². The van der Waals surface area contributed by atoms with Crippen LogP contribution in [0.3, 0.4) is 0 Å². The van der Waals surface area contributed by atoms with Gasteiger partial charge < -0.3 is 33.8 Å². The highest BCUT2D eigenvalue weighted by atomic mass is 31.2. The van der Waals surface area contributed by atoms with Gasteiger partial charge in [0.1, 0.15) is 19.3 Å². The summed E-state index contributed by atoms with van der Waals surface area (Å²) in [6.45, 7) is 14.1. The van der Waals surface area contributed by atoms with Crippen molar-refractivity contribution in [1.29, 1.82) is 0 Å². The Hall–Kier alpha value is -1.94. The third-order valence-electron chi connectivity index (χ3n) is 16.7. The number of rotatable bonds is 68. The Morgan fingerprint density at radius 3 is 0.789 bits per heavy atom. The molecular formula is C71H138O17P2. The molecule has 0 saturated heterocycles. The highest BCUT2D eigenvalue weighted by Gasteiger charge is 2.30. The van der Waals surface area contributed by atoms with Crippen LogP contribution in [0.5, 0.6) is 0 Å². The second kappa shape index (κ2) is 60.7. The molecule has 6 atom stereocenters. The van der Waals surface area contributed by atoms with E-state index in [1.54, 1.807) is 0 Å². The minimum absolute atomic E-state index is 0.105. The molecule has 0 aliphatic carbocycles. The summed E-state index contributed by atoms with van der Waals surface area (Å²) >= 11 is 0. The molecule has 0 aromatic rings. The van der Waals surface area contributed by atoms with Gasteiger partial charge in [-0.3, -0.25) is 37.3 Å². The van der Waals surface area contributed by atoms with Gasteiger partial charge in [-0.15, -0.1) is 0 Å². The number of hydrogen-bond donors (Lipinski definition) is 3. The van der Waals surface area contributed by atoms with Crippen molar-refractivity contribution in [3.05, 3.63) is 0 Å². The van der Waals surface area contributed by atoms with Crippen molar-refractivity contribution in [2.24, 2.45) is 23.7 Å². The van der Waals surface area contributed by atoms with Gasteiger partial charge in [-0.25, -0.2) is 9.13 Å². The van der Waals surface area contributed by atoms with Gasteiger partial charge in [-0.05, 0) is 49.4 Å². The van der Waals surface area contributed by atoms with Gasteiger partial charge >= 0.3 is 39.5 Å². The molecule has 0 aliphatic rings. The molecule has 90 heavy (non-hydrogen) atoms. The average Bonchev–Trinajstić information content (AvgIpc) is 2.82. The van der Waals surface area contributed by atoms with Crippen LogP contribution in [0.1, 0.15) is 351 Å². The van der Waals surface area contributed by atoms with E-state index < -0.39 is 97.5 Å². The smallest absolute Gasteiger partial charge is 0.462 e. The molecule has 0 saturated carbocycles. The quantitative estimate of drug-likeness (QED) is 0.0222. The number of hydrogen-bond acceptors (Lipinski definition) is 15. The van der Waals surface area contributed by atoms with E-state index in [1.165, 1.54) is 154 Å². The molecule has 0 aliphatic heterocycles. The Morgan fingerprint density at radius 2 is 0.533 bits per heavy atom. The molecular weight excluding hydrogens is 1190 g/mol. The summed E-state index contributed by atoms with van der Waals surface area (Å²) in [5, 5.41) is 10.6. The van der Waals surface area contributed by atoms with Crippen molar-refractivity contribution in [1.82, 2.24) is 0 Å². The second-order valence-electron chi connectivity index (χ2n) is 27.3. The fraction of sp³-hybridized carbons (Fsp3) is 0.944. The van der Waals surface area contributed by atoms with E-state index in [0.29, 0.717) is 25.7 Å². The first-order valence-corrected chi connectivity index (χ1v) is 39.7. The van der Waals surface area contributed by atoms with Gasteiger partial charge in [-0.2, -0.15) is 0 Å². The summed E-state index contributed by atoms with van der Waals surface area (Å²) in [4.78, 5) is 72.6. The molecule has 19 heteroatoms. The second-order valence-corrected chi connectivity index (χ2v) is 30.2. The van der Waals surface area contributed by atoms with E-state index in [1.807, 2.05) is 0 Å². The van der Waals surface area contributed by atoms with Crippen LogP contribution >= 0.6 is 15.6 Å². The summed E-state index contributed by atoms with van der Waals surface area (Å²) < 4.78 is 68.3. The van der Waals surface area contributed by atoms with Gasteiger partial charge in [-0.1, -0.05) is 299 Å². The Labute approximate surface area is 549 Å². The van der Waals surface area contributed by atoms with Gasteiger partial charge in [0.05, 0.1) is 26.4 Å². The number of carbonyl (C=O) groups excluding carboxylic acids is 4. The predicted octanol–water partition coefficient (Wildman–Crippen LogP) is 20.1. The first-order chi connectivity index (χ1) is 43.1. The number of phosphoric acid groups is 2. The average molecular weight is 1330 g/mol. The molecule has 0 fully saturated rings. The van der Waals surface area contributed by atoms with E-state index in [-0.39, 0.29) is 25.7 Å². The maximum atomic E-state index is 13.0. The number of esters is 4. The molecule has 0 spiro atoms. The van der Waals surface area contributed by atoms with Crippen LogP contribution in [-0.4, -0.2) is 96.7 Å². The van der Waals surface area contributed by atoms with Crippen molar-refractivity contribution in [2.75, 3.05) is 39.6 Å². The molecule has 17 nitrogen and oxygen atoms in total. The van der Waals surface area contributed by atoms with Crippen LogP contribution in [0, 0.1) is 23.7 Å². The van der Waals surface area contributed by atoms with Crippen LogP contribution in [0.25, 0.3) is 0 Å². The molecule has 0 aromatic heterocycles. The third kappa shape index (κ3) is 63.5. The molecule has 0 amide bonds. The standard InChI is InChI=1S/C71H138O17P2/c1-9-64(8)50-42-34-26-20-22-28-36-44-52-69(74)82-58-67(87-70(75)53-45-37-29-17-12-10-11-15-23-31-39-47-61(2)3)60-86-90(79,80)84-56-65(72)55-83-89(77,78)85-59-66(57-81-68(73)51-43-35-27-21-19-25-33-41-49-63(6)7)88-71(76)54-46-38-30-18-14-13-16-24-32-40-48-62(4)5/h61-67,72H,9-60H2,1-8H3,(H,77,78)(H,79,80)/t64?,65?,66-,67-/m1/s1. The number of aliphatic hydroxyl groups excluding tert-OH is 1. The highest BCUT2D eigenvalue weighted by Crippen LogP contribution is 2.45. The number of ether oxygens (including phenoxy) is 4. The summed E-state index contributed by atoms with van der Waals surface area (Å²) in [5.41, 5.74) is 0. The van der Waals surface area contributed by atoms with Gasteiger partial charge in [0.15, 0.2) is 12.2 Å². The summed E-state index contributed by atoms with van der Waals surface area (Å²) in [5.74, 6) is 0.893. The lowest BCUT2D eigenvalue weighted by Crippen LogP contribution is -2.30. The van der Waals surface area contributed by atoms with Crippen molar-refractivity contribution in [2.45, 2.75) is 369 Å². The zero-order valence-electron chi connectivity index (χ0n) is 58.8. The summed E-state index contributed by atoms with van der Waals surface area (Å²) in [6.07, 6.45) is 43.0. The van der Waals surface area contributed by atoms with Gasteiger partial charge in [0.2, 0.25) is 0 Å². The van der Waals surface area contributed by atoms with E-state index in [0.717, 1.165) is 114 Å². The lowest BCUT2D eigenvalue weighted by molar-refractivity contribution is -0.161. The third-order valence-corrected chi connectivity index (χ3v) is 18.6. The molecule has 4 unspecified atom stereocenters. The molecule has 0 aromatic carbocycles. The first-order valence-electron chi connectivity index (χ1n) is 36.7. The van der Waals surface area contributed by atoms with E-state index in [9.17, 15) is 43.2 Å². The Bertz CT molecular complexity index is 1780. The molecule has 0 heterocycles. The van der Waals surface area contributed by atoms with Crippen LogP contribution < -0.4 is 0 Å². The van der Waals surface area contributed by atoms with Gasteiger partial charge in [0.25, 0.3) is 0 Å². The zero-order chi connectivity index (χ0) is 66.8. The lowest BCUT2D eigenvalue weighted by atomic mass is 9.99. The monoisotopic (exact) mass is 1320 g/mol. The zero-order valence-corrected chi connectivity index (χ0v) is 60.6. The van der Waals surface area contributed by atoms with Crippen LogP contribution in [-0.2, 0) is 65.4 Å². The molecule has 534 valence electrons. The largest absolute Gasteiger partial charge is 0.472 e. The number of carbonyl (C=O) groups is 4. The highest BCUT2D eigenvalue weighted by molar-refractivity contribution is 7.47. The normalized spacial score (nSPS) is 14.6.